The van der Waals surface area contributed by atoms with E-state index < -0.39 is 0 Å². The highest BCUT2D eigenvalue weighted by molar-refractivity contribution is 5.92. The fourth-order valence-corrected chi connectivity index (χ4v) is 3.64. The van der Waals surface area contributed by atoms with Crippen molar-refractivity contribution in [3.05, 3.63) is 71.4 Å². The molecule has 1 heterocycles. The molecule has 0 amide bonds. The minimum absolute atomic E-state index is 0.366. The number of benzene rings is 2. The lowest BCUT2D eigenvalue weighted by atomic mass is 9.89. The van der Waals surface area contributed by atoms with Gasteiger partial charge in [-0.15, -0.1) is 0 Å². The molecule has 2 N–H and O–H groups in total. The summed E-state index contributed by atoms with van der Waals surface area (Å²) in [6.07, 6.45) is 4.62. The van der Waals surface area contributed by atoms with Crippen molar-refractivity contribution in [3.8, 4) is 0 Å². The lowest BCUT2D eigenvalue weighted by Crippen LogP contribution is -2.08. The maximum absolute atomic E-state index is 6.51. The summed E-state index contributed by atoms with van der Waals surface area (Å²) in [5, 5.41) is 1.09. The Morgan fingerprint density at radius 3 is 2.55 bits per heavy atom. The summed E-state index contributed by atoms with van der Waals surface area (Å²) in [7, 11) is 0. The van der Waals surface area contributed by atoms with E-state index in [4.69, 9.17) is 10.7 Å². The Hall–Kier alpha value is -2.35. The lowest BCUT2D eigenvalue weighted by molar-refractivity contribution is 0.651. The smallest absolute Gasteiger partial charge is 0.0726 e. The first-order chi connectivity index (χ1) is 10.8. The zero-order chi connectivity index (χ0) is 14.9. The predicted octanol–water partition coefficient (Wildman–Crippen LogP) is 4.68. The molecule has 0 unspecified atom stereocenters. The molecule has 4 rings (SSSR count). The molecule has 0 fully saturated rings. The second-order valence-corrected chi connectivity index (χ2v) is 6.12. The van der Waals surface area contributed by atoms with Crippen molar-refractivity contribution >= 4 is 16.6 Å². The second-order valence-electron chi connectivity index (χ2n) is 6.12. The van der Waals surface area contributed by atoms with Crippen LogP contribution in [0.5, 0.6) is 0 Å². The molecule has 0 saturated heterocycles. The minimum Gasteiger partial charge on any atom is -0.398 e. The van der Waals surface area contributed by atoms with Crippen LogP contribution in [0.25, 0.3) is 10.9 Å². The van der Waals surface area contributed by atoms with Gasteiger partial charge in [-0.1, -0.05) is 55.0 Å². The van der Waals surface area contributed by atoms with Crippen LogP contribution in [0.3, 0.4) is 0 Å². The maximum Gasteiger partial charge on any atom is 0.0726 e. The topological polar surface area (TPSA) is 38.9 Å². The normalized spacial score (nSPS) is 17.9. The van der Waals surface area contributed by atoms with E-state index in [2.05, 4.69) is 42.5 Å². The van der Waals surface area contributed by atoms with E-state index >= 15 is 0 Å². The van der Waals surface area contributed by atoms with Gasteiger partial charge in [0.25, 0.3) is 0 Å². The molecule has 0 radical (unpaired) electrons. The van der Waals surface area contributed by atoms with Crippen molar-refractivity contribution in [2.24, 2.45) is 0 Å². The molecule has 0 aliphatic heterocycles. The zero-order valence-electron chi connectivity index (χ0n) is 12.6. The first-order valence-electron chi connectivity index (χ1n) is 8.06. The molecule has 110 valence electrons. The highest BCUT2D eigenvalue weighted by Crippen LogP contribution is 2.38. The number of nitrogens with zero attached hydrogens (tertiary/aromatic N) is 1. The number of nitrogens with two attached hydrogens (primary N) is 1. The van der Waals surface area contributed by atoms with Crippen molar-refractivity contribution < 1.29 is 0 Å². The van der Waals surface area contributed by atoms with Crippen molar-refractivity contribution in [1.82, 2.24) is 4.98 Å². The Morgan fingerprint density at radius 2 is 1.68 bits per heavy atom. The third-order valence-corrected chi connectivity index (χ3v) is 4.77. The fourth-order valence-electron chi connectivity index (χ4n) is 3.64. The number of rotatable bonds is 1. The Balaban J connectivity index is 1.96. The SMILES string of the molecule is Nc1c2c(nc3ccccc13)[C@H](c1ccccc1)CCCC2. The summed E-state index contributed by atoms with van der Waals surface area (Å²) >= 11 is 0. The average molecular weight is 288 g/mol. The molecule has 0 saturated carbocycles. The van der Waals surface area contributed by atoms with Gasteiger partial charge in [0.1, 0.15) is 0 Å². The Morgan fingerprint density at radius 1 is 0.909 bits per heavy atom. The summed E-state index contributed by atoms with van der Waals surface area (Å²) in [6, 6.07) is 19.0. The molecule has 1 atom stereocenters. The molecule has 0 bridgehead atoms. The van der Waals surface area contributed by atoms with Crippen molar-refractivity contribution in [2.45, 2.75) is 31.6 Å². The van der Waals surface area contributed by atoms with Gasteiger partial charge in [0.15, 0.2) is 0 Å². The van der Waals surface area contributed by atoms with Gasteiger partial charge in [0, 0.05) is 17.0 Å². The van der Waals surface area contributed by atoms with E-state index in [0.717, 1.165) is 29.4 Å². The Labute approximate surface area is 131 Å². The first kappa shape index (κ1) is 13.3. The number of para-hydroxylation sites is 1. The predicted molar refractivity (Wildman–Crippen MR) is 92.0 cm³/mol. The van der Waals surface area contributed by atoms with Gasteiger partial charge in [-0.25, -0.2) is 0 Å². The minimum atomic E-state index is 0.366. The van der Waals surface area contributed by atoms with Gasteiger partial charge in [-0.05, 0) is 36.5 Å². The molecule has 2 nitrogen and oxygen atoms in total. The number of fused-ring (bicyclic) bond motifs is 2. The van der Waals surface area contributed by atoms with E-state index in [1.807, 2.05) is 12.1 Å². The Bertz CT molecular complexity index is 809. The van der Waals surface area contributed by atoms with Crippen LogP contribution in [0.1, 0.15) is 42.0 Å². The Kier molecular flexibility index (Phi) is 3.30. The number of hydrogen-bond acceptors (Lipinski definition) is 2. The molecule has 1 aliphatic rings. The number of nitrogen functional groups attached to an aromatic ring is 1. The number of hydrogen-bond donors (Lipinski definition) is 1. The molecular formula is C20H20N2. The zero-order valence-corrected chi connectivity index (χ0v) is 12.6. The van der Waals surface area contributed by atoms with Gasteiger partial charge in [-0.2, -0.15) is 0 Å². The van der Waals surface area contributed by atoms with Crippen LogP contribution < -0.4 is 5.73 Å². The van der Waals surface area contributed by atoms with Crippen LogP contribution in [-0.4, -0.2) is 4.98 Å². The van der Waals surface area contributed by atoms with Crippen LogP contribution in [0.4, 0.5) is 5.69 Å². The van der Waals surface area contributed by atoms with Crippen LogP contribution in [0, 0.1) is 0 Å². The van der Waals surface area contributed by atoms with Crippen LogP contribution >= 0.6 is 0 Å². The number of aromatic nitrogens is 1. The van der Waals surface area contributed by atoms with Crippen molar-refractivity contribution in [3.63, 3.8) is 0 Å². The molecule has 1 aromatic heterocycles. The maximum atomic E-state index is 6.51. The third kappa shape index (κ3) is 2.16. The summed E-state index contributed by atoms with van der Waals surface area (Å²) in [4.78, 5) is 5.01. The highest BCUT2D eigenvalue weighted by Gasteiger charge is 2.24. The summed E-state index contributed by atoms with van der Waals surface area (Å²) < 4.78 is 0. The molecule has 3 aromatic rings. The molecular weight excluding hydrogens is 268 g/mol. The monoisotopic (exact) mass is 288 g/mol. The highest BCUT2D eigenvalue weighted by atomic mass is 14.7. The lowest BCUT2D eigenvalue weighted by Gasteiger charge is -2.19. The van der Waals surface area contributed by atoms with Gasteiger partial charge in [-0.3, -0.25) is 4.98 Å². The van der Waals surface area contributed by atoms with Crippen LogP contribution in [-0.2, 0) is 6.42 Å². The standard InChI is InChI=1S/C20H20N2/c21-19-16-11-6-7-13-18(16)22-20-15(10-4-5-12-17(19)20)14-8-2-1-3-9-14/h1-3,6-9,11,13,15H,4-5,10,12H2,(H2,21,22)/t15-/m0/s1. The summed E-state index contributed by atoms with van der Waals surface area (Å²) in [5.41, 5.74) is 12.3. The van der Waals surface area contributed by atoms with E-state index in [9.17, 15) is 0 Å². The molecule has 0 spiro atoms. The molecule has 2 heteroatoms. The van der Waals surface area contributed by atoms with Gasteiger partial charge in [0.05, 0.1) is 11.2 Å². The van der Waals surface area contributed by atoms with Gasteiger partial charge >= 0.3 is 0 Å². The number of anilines is 1. The quantitative estimate of drug-likeness (QED) is 0.661. The first-order valence-corrected chi connectivity index (χ1v) is 8.06. The summed E-state index contributed by atoms with van der Waals surface area (Å²) in [6.45, 7) is 0. The van der Waals surface area contributed by atoms with E-state index in [1.54, 1.807) is 0 Å². The van der Waals surface area contributed by atoms with Gasteiger partial charge < -0.3 is 5.73 Å². The van der Waals surface area contributed by atoms with Crippen LogP contribution in [0.2, 0.25) is 0 Å². The van der Waals surface area contributed by atoms with E-state index in [1.165, 1.54) is 29.7 Å². The van der Waals surface area contributed by atoms with Crippen LogP contribution in [0.15, 0.2) is 54.6 Å². The second kappa shape index (κ2) is 5.45. The molecule has 1 aliphatic carbocycles. The largest absolute Gasteiger partial charge is 0.398 e. The fraction of sp³-hybridized carbons (Fsp3) is 0.250. The van der Waals surface area contributed by atoms with Gasteiger partial charge in [0.2, 0.25) is 0 Å². The summed E-state index contributed by atoms with van der Waals surface area (Å²) in [5.74, 6) is 0.366. The number of pyridine rings is 1. The van der Waals surface area contributed by atoms with E-state index in [-0.39, 0.29) is 0 Å². The van der Waals surface area contributed by atoms with E-state index in [0.29, 0.717) is 5.92 Å². The average Bonchev–Trinajstić information content (AvgIpc) is 2.79. The third-order valence-electron chi connectivity index (χ3n) is 4.77. The van der Waals surface area contributed by atoms with Crippen molar-refractivity contribution in [2.75, 3.05) is 5.73 Å². The van der Waals surface area contributed by atoms with Crippen molar-refractivity contribution in [1.29, 1.82) is 0 Å². The molecule has 22 heavy (non-hydrogen) atoms. The molecule has 2 aromatic carbocycles.